The van der Waals surface area contributed by atoms with E-state index in [1.165, 1.54) is 0 Å². The van der Waals surface area contributed by atoms with Crippen molar-refractivity contribution < 1.29 is 9.84 Å². The largest absolute Gasteiger partial charge is 0.385 e. The van der Waals surface area contributed by atoms with Crippen LogP contribution in [0.4, 0.5) is 5.69 Å². The zero-order chi connectivity index (χ0) is 16.5. The van der Waals surface area contributed by atoms with Gasteiger partial charge in [0.05, 0.1) is 6.10 Å². The highest BCUT2D eigenvalue weighted by Crippen LogP contribution is 2.63. The Hall–Kier alpha value is -1.06. The fourth-order valence-corrected chi connectivity index (χ4v) is 4.57. The molecule has 1 aromatic rings. The third-order valence-corrected chi connectivity index (χ3v) is 6.30. The van der Waals surface area contributed by atoms with E-state index in [2.05, 4.69) is 26.1 Å². The highest BCUT2D eigenvalue weighted by atomic mass is 16.5. The van der Waals surface area contributed by atoms with Gasteiger partial charge in [-0.3, -0.25) is 0 Å². The average molecular weight is 317 g/mol. The highest BCUT2D eigenvalue weighted by molar-refractivity contribution is 5.43. The molecule has 3 fully saturated rings. The summed E-state index contributed by atoms with van der Waals surface area (Å²) in [5, 5.41) is 15.0. The van der Waals surface area contributed by atoms with Crippen LogP contribution in [0.2, 0.25) is 0 Å². The van der Waals surface area contributed by atoms with Crippen LogP contribution in [0, 0.1) is 17.3 Å². The summed E-state index contributed by atoms with van der Waals surface area (Å²) in [6, 6.07) is 10.1. The molecule has 0 saturated heterocycles. The van der Waals surface area contributed by atoms with Crippen LogP contribution in [0.1, 0.15) is 46.5 Å². The lowest BCUT2D eigenvalue weighted by atomic mass is 9.43. The number of fused-ring (bicyclic) bond motifs is 2. The van der Waals surface area contributed by atoms with Crippen LogP contribution >= 0.6 is 0 Å². The maximum atomic E-state index is 11.5. The van der Waals surface area contributed by atoms with E-state index < -0.39 is 5.60 Å². The molecule has 3 saturated carbocycles. The molecule has 0 aromatic heterocycles. The molecule has 3 aliphatic carbocycles. The second kappa shape index (κ2) is 6.45. The van der Waals surface area contributed by atoms with E-state index in [1.54, 1.807) is 0 Å². The van der Waals surface area contributed by atoms with Gasteiger partial charge in [0.2, 0.25) is 0 Å². The highest BCUT2D eigenvalue weighted by Gasteiger charge is 2.65. The number of aliphatic hydroxyl groups is 1. The molecule has 1 aromatic carbocycles. The molecule has 2 N–H and O–H groups in total. The molecule has 3 heteroatoms. The van der Waals surface area contributed by atoms with Crippen LogP contribution in [0.5, 0.6) is 0 Å². The number of para-hydroxylation sites is 1. The Morgan fingerprint density at radius 1 is 1.22 bits per heavy atom. The molecular formula is C20H31NO2. The van der Waals surface area contributed by atoms with Crippen molar-refractivity contribution in [1.29, 1.82) is 0 Å². The SMILES string of the molecule is CCCCO[C@@H]1C[C@@H]2C[C@@H](C2(C)C)[C@@]1(O)CNc1ccccc1. The normalized spacial score (nSPS) is 34.7. The van der Waals surface area contributed by atoms with Crippen LogP contribution in [-0.4, -0.2) is 30.0 Å². The monoisotopic (exact) mass is 317 g/mol. The van der Waals surface area contributed by atoms with Gasteiger partial charge in [-0.05, 0) is 48.6 Å². The summed E-state index contributed by atoms with van der Waals surface area (Å²) in [4.78, 5) is 0. The first-order valence-electron chi connectivity index (χ1n) is 9.11. The summed E-state index contributed by atoms with van der Waals surface area (Å²) in [5.41, 5.74) is 0.507. The second-order valence-corrected chi connectivity index (χ2v) is 7.97. The Morgan fingerprint density at radius 3 is 2.61 bits per heavy atom. The topological polar surface area (TPSA) is 41.5 Å². The number of benzene rings is 1. The maximum absolute atomic E-state index is 11.5. The van der Waals surface area contributed by atoms with Gasteiger partial charge in [0.25, 0.3) is 0 Å². The standard InChI is InChI=1S/C20H31NO2/c1-4-5-11-23-18-13-15-12-17(19(15,2)3)20(18,22)14-21-16-9-7-6-8-10-16/h6-10,15,17-18,21-22H,4-5,11-14H2,1-3H3/t15-,17-,18+,20-/m0/s1. The molecule has 0 spiro atoms. The van der Waals surface area contributed by atoms with Crippen molar-refractivity contribution in [3.63, 3.8) is 0 Å². The first-order valence-corrected chi connectivity index (χ1v) is 9.11. The predicted molar refractivity (Wildman–Crippen MR) is 94.5 cm³/mol. The minimum Gasteiger partial charge on any atom is -0.385 e. The Labute approximate surface area is 140 Å². The molecule has 0 heterocycles. The number of nitrogens with one attached hydrogen (secondary N) is 1. The van der Waals surface area contributed by atoms with Crippen molar-refractivity contribution in [2.24, 2.45) is 17.3 Å². The predicted octanol–water partition coefficient (Wildman–Crippen LogP) is 4.08. The maximum Gasteiger partial charge on any atom is 0.111 e. The lowest BCUT2D eigenvalue weighted by molar-refractivity contribution is -0.259. The van der Waals surface area contributed by atoms with Gasteiger partial charge in [-0.25, -0.2) is 0 Å². The zero-order valence-corrected chi connectivity index (χ0v) is 14.7. The Morgan fingerprint density at radius 2 is 1.96 bits per heavy atom. The van der Waals surface area contributed by atoms with Gasteiger partial charge >= 0.3 is 0 Å². The van der Waals surface area contributed by atoms with E-state index in [4.69, 9.17) is 4.74 Å². The van der Waals surface area contributed by atoms with E-state index in [-0.39, 0.29) is 11.5 Å². The molecule has 3 nitrogen and oxygen atoms in total. The summed E-state index contributed by atoms with van der Waals surface area (Å²) in [6.45, 7) is 8.11. The van der Waals surface area contributed by atoms with Crippen LogP contribution in [-0.2, 0) is 4.74 Å². The van der Waals surface area contributed by atoms with Crippen molar-refractivity contribution in [3.8, 4) is 0 Å². The number of unbranched alkanes of at least 4 members (excludes halogenated alkanes) is 1. The molecule has 23 heavy (non-hydrogen) atoms. The molecular weight excluding hydrogens is 286 g/mol. The van der Waals surface area contributed by atoms with Gasteiger partial charge < -0.3 is 15.2 Å². The number of hydrogen-bond donors (Lipinski definition) is 2. The van der Waals surface area contributed by atoms with Crippen molar-refractivity contribution in [1.82, 2.24) is 0 Å². The van der Waals surface area contributed by atoms with E-state index in [1.807, 2.05) is 30.3 Å². The molecule has 0 radical (unpaired) electrons. The molecule has 128 valence electrons. The second-order valence-electron chi connectivity index (χ2n) is 7.97. The summed E-state index contributed by atoms with van der Waals surface area (Å²) in [7, 11) is 0. The smallest absolute Gasteiger partial charge is 0.111 e. The number of anilines is 1. The molecule has 2 bridgehead atoms. The quantitative estimate of drug-likeness (QED) is 0.745. The fraction of sp³-hybridized carbons (Fsp3) is 0.700. The molecule has 4 rings (SSSR count). The van der Waals surface area contributed by atoms with Gasteiger partial charge in [0, 0.05) is 18.8 Å². The first-order chi connectivity index (χ1) is 11.0. The van der Waals surface area contributed by atoms with Crippen LogP contribution in [0.25, 0.3) is 0 Å². The molecule has 0 unspecified atom stereocenters. The van der Waals surface area contributed by atoms with Crippen LogP contribution < -0.4 is 5.32 Å². The molecule has 0 aliphatic heterocycles. The van der Waals surface area contributed by atoms with E-state index >= 15 is 0 Å². The Balaban J connectivity index is 1.72. The molecule has 0 amide bonds. The minimum absolute atomic E-state index is 0.0398. The van der Waals surface area contributed by atoms with Gasteiger partial charge in [0.1, 0.15) is 5.60 Å². The van der Waals surface area contributed by atoms with Gasteiger partial charge in [-0.2, -0.15) is 0 Å². The lowest BCUT2D eigenvalue weighted by Gasteiger charge is -2.65. The van der Waals surface area contributed by atoms with Gasteiger partial charge in [0.15, 0.2) is 0 Å². The molecule has 4 atom stereocenters. The van der Waals surface area contributed by atoms with Gasteiger partial charge in [-0.1, -0.05) is 45.4 Å². The van der Waals surface area contributed by atoms with Crippen LogP contribution in [0.15, 0.2) is 30.3 Å². The number of ether oxygens (including phenoxy) is 1. The zero-order valence-electron chi connectivity index (χ0n) is 14.7. The fourth-order valence-electron chi connectivity index (χ4n) is 4.57. The third kappa shape index (κ3) is 3.01. The number of rotatable bonds is 7. The van der Waals surface area contributed by atoms with E-state index in [0.717, 1.165) is 38.0 Å². The van der Waals surface area contributed by atoms with Crippen molar-refractivity contribution in [3.05, 3.63) is 30.3 Å². The Kier molecular flexibility index (Phi) is 4.70. The van der Waals surface area contributed by atoms with E-state index in [0.29, 0.717) is 18.4 Å². The third-order valence-electron chi connectivity index (χ3n) is 6.30. The van der Waals surface area contributed by atoms with Crippen molar-refractivity contribution >= 4 is 5.69 Å². The van der Waals surface area contributed by atoms with Gasteiger partial charge in [-0.15, -0.1) is 0 Å². The number of hydrogen-bond acceptors (Lipinski definition) is 3. The summed E-state index contributed by atoms with van der Waals surface area (Å²) >= 11 is 0. The summed E-state index contributed by atoms with van der Waals surface area (Å²) in [5.74, 6) is 1.01. The van der Waals surface area contributed by atoms with Crippen molar-refractivity contribution in [2.75, 3.05) is 18.5 Å². The minimum atomic E-state index is -0.776. The summed E-state index contributed by atoms with van der Waals surface area (Å²) < 4.78 is 6.13. The Bertz CT molecular complexity index is 516. The van der Waals surface area contributed by atoms with Crippen molar-refractivity contribution in [2.45, 2.75) is 58.2 Å². The summed E-state index contributed by atoms with van der Waals surface area (Å²) in [6.07, 6.45) is 4.28. The average Bonchev–Trinajstić information content (AvgIpc) is 2.55. The lowest BCUT2D eigenvalue weighted by Crippen LogP contribution is -2.70. The van der Waals surface area contributed by atoms with Crippen LogP contribution in [0.3, 0.4) is 0 Å². The first kappa shape index (κ1) is 16.8. The van der Waals surface area contributed by atoms with E-state index in [9.17, 15) is 5.11 Å². The molecule has 3 aliphatic rings.